The van der Waals surface area contributed by atoms with Crippen molar-refractivity contribution in [2.45, 2.75) is 59.5 Å². The molecule has 2 aromatic carbocycles. The molecule has 2 aromatic rings. The second-order valence-corrected chi connectivity index (χ2v) is 11.8. The summed E-state index contributed by atoms with van der Waals surface area (Å²) < 4.78 is 51.4. The van der Waals surface area contributed by atoms with Gasteiger partial charge in [0.15, 0.2) is 14.8 Å². The summed E-state index contributed by atoms with van der Waals surface area (Å²) in [5.74, 6) is 0. The molecule has 146 valence electrons. The lowest BCUT2D eigenvalue weighted by Crippen LogP contribution is -2.44. The summed E-state index contributed by atoms with van der Waals surface area (Å²) in [7, 11) is -7.51. The van der Waals surface area contributed by atoms with Gasteiger partial charge in [-0.1, -0.05) is 35.4 Å². The first-order valence-corrected chi connectivity index (χ1v) is 11.9. The predicted molar refractivity (Wildman–Crippen MR) is 104 cm³/mol. The number of hydrogen-bond acceptors (Lipinski definition) is 5. The number of benzene rings is 2. The zero-order valence-electron chi connectivity index (χ0n) is 15.4. The number of aliphatic hydroxyl groups is 1. The lowest BCUT2D eigenvalue weighted by atomic mass is 9.97. The quantitative estimate of drug-likeness (QED) is 0.839. The number of sulfone groups is 2. The highest BCUT2D eigenvalue weighted by Crippen LogP contribution is 2.40. The minimum atomic E-state index is -3.96. The summed E-state index contributed by atoms with van der Waals surface area (Å²) in [5.41, 5.74) is 1.89. The highest BCUT2D eigenvalue weighted by atomic mass is 32.2. The Morgan fingerprint density at radius 2 is 1.19 bits per heavy atom. The van der Waals surface area contributed by atoms with Crippen molar-refractivity contribution in [3.63, 3.8) is 0 Å². The Morgan fingerprint density at radius 1 is 0.778 bits per heavy atom. The highest BCUT2D eigenvalue weighted by Gasteiger charge is 2.47. The number of aryl methyl sites for hydroxylation is 2. The van der Waals surface area contributed by atoms with Crippen LogP contribution in [0.4, 0.5) is 0 Å². The molecule has 1 fully saturated rings. The third-order valence-corrected chi connectivity index (χ3v) is 9.91. The zero-order chi connectivity index (χ0) is 19.9. The molecule has 0 saturated heterocycles. The average molecular weight is 409 g/mol. The van der Waals surface area contributed by atoms with Gasteiger partial charge in [0, 0.05) is 0 Å². The van der Waals surface area contributed by atoms with E-state index in [-0.39, 0.29) is 35.5 Å². The fourth-order valence-electron chi connectivity index (χ4n) is 3.48. The Morgan fingerprint density at radius 3 is 1.63 bits per heavy atom. The van der Waals surface area contributed by atoms with E-state index in [1.165, 1.54) is 12.1 Å². The van der Waals surface area contributed by atoms with Crippen LogP contribution in [0.15, 0.2) is 58.3 Å². The molecule has 1 aliphatic rings. The molecule has 1 saturated carbocycles. The summed E-state index contributed by atoms with van der Waals surface area (Å²) in [5, 5.41) is 10.1. The van der Waals surface area contributed by atoms with Gasteiger partial charge in [0.1, 0.15) is 0 Å². The van der Waals surface area contributed by atoms with Gasteiger partial charge >= 0.3 is 0 Å². The van der Waals surface area contributed by atoms with Gasteiger partial charge in [0.2, 0.25) is 9.84 Å². The largest absolute Gasteiger partial charge is 0.374 e. The van der Waals surface area contributed by atoms with E-state index in [1.807, 2.05) is 13.8 Å². The Kier molecular flexibility index (Phi) is 5.22. The SMILES string of the molecule is Cc1ccc(S(=O)(=O)C2CCC(O)(S(=O)(=O)c3ccc(C)cc3)CC2)cc1. The molecule has 0 unspecified atom stereocenters. The van der Waals surface area contributed by atoms with Crippen LogP contribution in [0.25, 0.3) is 0 Å². The zero-order valence-corrected chi connectivity index (χ0v) is 17.1. The first-order valence-electron chi connectivity index (χ1n) is 8.90. The van der Waals surface area contributed by atoms with Crippen LogP contribution in [0.3, 0.4) is 0 Å². The van der Waals surface area contributed by atoms with E-state index < -0.39 is 29.9 Å². The molecule has 0 amide bonds. The summed E-state index contributed by atoms with van der Waals surface area (Å²) >= 11 is 0. The lowest BCUT2D eigenvalue weighted by Gasteiger charge is -2.35. The Labute approximate surface area is 160 Å². The molecule has 0 aliphatic heterocycles. The van der Waals surface area contributed by atoms with Gasteiger partial charge in [-0.2, -0.15) is 0 Å². The van der Waals surface area contributed by atoms with Gasteiger partial charge in [-0.25, -0.2) is 16.8 Å². The highest BCUT2D eigenvalue weighted by molar-refractivity contribution is 7.93. The van der Waals surface area contributed by atoms with E-state index in [4.69, 9.17) is 0 Å². The molecule has 1 N–H and O–H groups in total. The van der Waals surface area contributed by atoms with Crippen molar-refractivity contribution in [3.8, 4) is 0 Å². The van der Waals surface area contributed by atoms with Crippen molar-refractivity contribution < 1.29 is 21.9 Å². The first-order chi connectivity index (χ1) is 12.6. The first kappa shape index (κ1) is 20.0. The molecule has 1 aliphatic carbocycles. The van der Waals surface area contributed by atoms with Gasteiger partial charge in [0.05, 0.1) is 15.0 Å². The molecule has 0 spiro atoms. The monoisotopic (exact) mass is 408 g/mol. The van der Waals surface area contributed by atoms with Crippen LogP contribution < -0.4 is 0 Å². The fraction of sp³-hybridized carbons (Fsp3) is 0.400. The molecule has 0 bridgehead atoms. The normalized spacial score (nSPS) is 23.9. The Bertz CT molecular complexity index is 1010. The maximum Gasteiger partial charge on any atom is 0.207 e. The van der Waals surface area contributed by atoms with Crippen LogP contribution in [0.1, 0.15) is 36.8 Å². The van der Waals surface area contributed by atoms with E-state index >= 15 is 0 Å². The van der Waals surface area contributed by atoms with Crippen molar-refractivity contribution in [1.29, 1.82) is 0 Å². The van der Waals surface area contributed by atoms with Gasteiger partial charge in [-0.05, 0) is 63.8 Å². The fourth-order valence-corrected chi connectivity index (χ4v) is 6.94. The summed E-state index contributed by atoms with van der Waals surface area (Å²) in [4.78, 5) is -1.62. The molecule has 0 radical (unpaired) electrons. The predicted octanol–water partition coefficient (Wildman–Crippen LogP) is 3.18. The van der Waals surface area contributed by atoms with Crippen LogP contribution in [0.2, 0.25) is 0 Å². The van der Waals surface area contributed by atoms with E-state index in [0.29, 0.717) is 0 Å². The van der Waals surface area contributed by atoms with Gasteiger partial charge in [0.25, 0.3) is 0 Å². The van der Waals surface area contributed by atoms with Crippen LogP contribution in [-0.4, -0.2) is 32.1 Å². The molecule has 0 atom stereocenters. The lowest BCUT2D eigenvalue weighted by molar-refractivity contribution is 0.0839. The summed E-state index contributed by atoms with van der Waals surface area (Å²) in [6.45, 7) is 3.74. The minimum Gasteiger partial charge on any atom is -0.374 e. The molecule has 27 heavy (non-hydrogen) atoms. The molecule has 7 heteroatoms. The van der Waals surface area contributed by atoms with E-state index in [0.717, 1.165) is 11.1 Å². The Hall–Kier alpha value is -1.70. The molecule has 0 aromatic heterocycles. The van der Waals surface area contributed by atoms with Crippen molar-refractivity contribution in [3.05, 3.63) is 59.7 Å². The summed E-state index contributed by atoms with van der Waals surface area (Å²) in [6.07, 6.45) is 0.0214. The van der Waals surface area contributed by atoms with E-state index in [2.05, 4.69) is 0 Å². The molecule has 3 rings (SSSR count). The minimum absolute atomic E-state index is 0.0652. The van der Waals surface area contributed by atoms with Crippen molar-refractivity contribution in [1.82, 2.24) is 0 Å². The average Bonchev–Trinajstić information content (AvgIpc) is 2.63. The number of hydrogen-bond donors (Lipinski definition) is 1. The second kappa shape index (κ2) is 7.04. The number of rotatable bonds is 4. The molecule has 5 nitrogen and oxygen atoms in total. The molecule has 0 heterocycles. The smallest absolute Gasteiger partial charge is 0.207 e. The second-order valence-electron chi connectivity index (χ2n) is 7.32. The van der Waals surface area contributed by atoms with Crippen LogP contribution in [-0.2, 0) is 19.7 Å². The van der Waals surface area contributed by atoms with E-state index in [1.54, 1.807) is 36.4 Å². The van der Waals surface area contributed by atoms with Crippen molar-refractivity contribution in [2.24, 2.45) is 0 Å². The molecular formula is C20H24O5S2. The maximum absolute atomic E-state index is 12.9. The third kappa shape index (κ3) is 3.68. The van der Waals surface area contributed by atoms with E-state index in [9.17, 15) is 21.9 Å². The maximum atomic E-state index is 12.9. The van der Waals surface area contributed by atoms with Gasteiger partial charge in [-0.15, -0.1) is 0 Å². The standard InChI is InChI=1S/C20H24O5S2/c1-15-3-7-17(8-4-15)26(22,23)18-11-13-20(21,14-12-18)27(24,25)19-9-5-16(2)6-10-19/h3-10,18,21H,11-14H2,1-2H3. The van der Waals surface area contributed by atoms with Crippen molar-refractivity contribution in [2.75, 3.05) is 0 Å². The van der Waals surface area contributed by atoms with Crippen LogP contribution in [0, 0.1) is 13.8 Å². The molecular weight excluding hydrogens is 384 g/mol. The van der Waals surface area contributed by atoms with Crippen LogP contribution >= 0.6 is 0 Å². The van der Waals surface area contributed by atoms with Crippen molar-refractivity contribution >= 4 is 19.7 Å². The summed E-state index contributed by atoms with van der Waals surface area (Å²) in [6, 6.07) is 13.0. The topological polar surface area (TPSA) is 88.5 Å². The third-order valence-electron chi connectivity index (χ3n) is 5.33. The van der Waals surface area contributed by atoms with Gasteiger partial charge < -0.3 is 5.11 Å². The van der Waals surface area contributed by atoms with Gasteiger partial charge in [-0.3, -0.25) is 0 Å². The van der Waals surface area contributed by atoms with Crippen LogP contribution in [0.5, 0.6) is 0 Å². The Balaban J connectivity index is 1.81.